The maximum absolute atomic E-state index is 11.4. The van der Waals surface area contributed by atoms with E-state index in [4.69, 9.17) is 0 Å². The lowest BCUT2D eigenvalue weighted by Crippen LogP contribution is -2.19. The zero-order chi connectivity index (χ0) is 10.3. The van der Waals surface area contributed by atoms with Gasteiger partial charge in [-0.2, -0.15) is 0 Å². The van der Waals surface area contributed by atoms with E-state index in [-0.39, 0.29) is 5.41 Å². The molecule has 0 spiro atoms. The Labute approximate surface area is 80.3 Å². The normalized spacial score (nSPS) is 22.2. The fourth-order valence-corrected chi connectivity index (χ4v) is 2.65. The Morgan fingerprint density at radius 3 is 2.31 bits per heavy atom. The quantitative estimate of drug-likeness (QED) is 0.651. The van der Waals surface area contributed by atoms with Gasteiger partial charge in [0.25, 0.3) is 0 Å². The van der Waals surface area contributed by atoms with Gasteiger partial charge < -0.3 is 0 Å². The summed E-state index contributed by atoms with van der Waals surface area (Å²) in [5.74, 6) is 0. The molecule has 0 aromatic carbocycles. The third-order valence-electron chi connectivity index (χ3n) is 2.68. The number of sulfone groups is 1. The number of rotatable bonds is 1. The van der Waals surface area contributed by atoms with Crippen molar-refractivity contribution in [3.8, 4) is 0 Å². The first-order chi connectivity index (χ1) is 5.75. The van der Waals surface area contributed by atoms with Crippen LogP contribution < -0.4 is 0 Å². The van der Waals surface area contributed by atoms with Gasteiger partial charge in [0.05, 0.1) is 4.91 Å². The lowest BCUT2D eigenvalue weighted by Gasteiger charge is -2.29. The van der Waals surface area contributed by atoms with Crippen molar-refractivity contribution >= 4 is 9.84 Å². The van der Waals surface area contributed by atoms with Crippen LogP contribution in [-0.4, -0.2) is 14.7 Å². The standard InChI is InChI=1S/C10H16O2S/c1-8-9(13(4,11)12)6-5-7-10(8,2)3/h5-6H,7H2,1-4H3. The van der Waals surface area contributed by atoms with Crippen LogP contribution in [0, 0.1) is 5.41 Å². The van der Waals surface area contributed by atoms with Crippen LogP contribution in [-0.2, 0) is 9.84 Å². The van der Waals surface area contributed by atoms with Crippen molar-refractivity contribution in [3.63, 3.8) is 0 Å². The van der Waals surface area contributed by atoms with Gasteiger partial charge in [0.1, 0.15) is 0 Å². The Kier molecular flexibility index (Phi) is 2.41. The van der Waals surface area contributed by atoms with Gasteiger partial charge in [0.15, 0.2) is 9.84 Å². The minimum absolute atomic E-state index is 0.0207. The molecule has 0 saturated carbocycles. The largest absolute Gasteiger partial charge is 0.224 e. The van der Waals surface area contributed by atoms with Crippen LogP contribution in [0.5, 0.6) is 0 Å². The summed E-state index contributed by atoms with van der Waals surface area (Å²) >= 11 is 0. The lowest BCUT2D eigenvalue weighted by molar-refractivity contribution is 0.446. The summed E-state index contributed by atoms with van der Waals surface area (Å²) in [7, 11) is -3.05. The highest BCUT2D eigenvalue weighted by atomic mass is 32.2. The van der Waals surface area contributed by atoms with E-state index >= 15 is 0 Å². The summed E-state index contributed by atoms with van der Waals surface area (Å²) in [5.41, 5.74) is 0.949. The Morgan fingerprint density at radius 1 is 1.38 bits per heavy atom. The SMILES string of the molecule is CC1=C(S(C)(=O)=O)C=CCC1(C)C. The predicted octanol–water partition coefficient (Wildman–Crippen LogP) is 2.29. The van der Waals surface area contributed by atoms with E-state index in [1.54, 1.807) is 6.08 Å². The predicted molar refractivity (Wildman–Crippen MR) is 55.1 cm³/mol. The zero-order valence-corrected chi connectivity index (χ0v) is 9.40. The van der Waals surface area contributed by atoms with Gasteiger partial charge in [-0.15, -0.1) is 0 Å². The van der Waals surface area contributed by atoms with Crippen molar-refractivity contribution in [2.45, 2.75) is 27.2 Å². The summed E-state index contributed by atoms with van der Waals surface area (Å²) < 4.78 is 22.8. The van der Waals surface area contributed by atoms with Crippen LogP contribution in [0.2, 0.25) is 0 Å². The molecule has 0 bridgehead atoms. The molecule has 0 aromatic rings. The third kappa shape index (κ3) is 2.02. The maximum atomic E-state index is 11.4. The number of hydrogen-bond acceptors (Lipinski definition) is 2. The molecule has 0 heterocycles. The monoisotopic (exact) mass is 200 g/mol. The Balaban J connectivity index is 3.32. The second kappa shape index (κ2) is 2.98. The highest BCUT2D eigenvalue weighted by molar-refractivity contribution is 7.94. The Morgan fingerprint density at radius 2 is 1.92 bits per heavy atom. The first kappa shape index (κ1) is 10.5. The second-order valence-electron chi connectivity index (χ2n) is 4.25. The smallest absolute Gasteiger partial charge is 0.175 e. The molecule has 0 aromatic heterocycles. The van der Waals surface area contributed by atoms with Gasteiger partial charge >= 0.3 is 0 Å². The zero-order valence-electron chi connectivity index (χ0n) is 8.59. The highest BCUT2D eigenvalue weighted by Gasteiger charge is 2.27. The molecule has 1 aliphatic rings. The first-order valence-corrected chi connectivity index (χ1v) is 6.22. The van der Waals surface area contributed by atoms with Crippen LogP contribution in [0.15, 0.2) is 22.6 Å². The summed E-state index contributed by atoms with van der Waals surface area (Å²) in [5, 5.41) is 0. The summed E-state index contributed by atoms with van der Waals surface area (Å²) in [4.78, 5) is 0.490. The molecular formula is C10H16O2S. The van der Waals surface area contributed by atoms with E-state index in [1.807, 2.05) is 13.0 Å². The Bertz CT molecular complexity index is 370. The molecule has 1 rings (SSSR count). The van der Waals surface area contributed by atoms with Gasteiger partial charge in [-0.05, 0) is 30.4 Å². The van der Waals surface area contributed by atoms with Gasteiger partial charge in [-0.25, -0.2) is 8.42 Å². The van der Waals surface area contributed by atoms with Gasteiger partial charge in [0.2, 0.25) is 0 Å². The summed E-state index contributed by atoms with van der Waals surface area (Å²) in [6, 6.07) is 0. The van der Waals surface area contributed by atoms with E-state index in [2.05, 4.69) is 13.8 Å². The van der Waals surface area contributed by atoms with Crippen molar-refractivity contribution < 1.29 is 8.42 Å². The Hall–Kier alpha value is -0.570. The highest BCUT2D eigenvalue weighted by Crippen LogP contribution is 2.37. The van der Waals surface area contributed by atoms with Crippen LogP contribution >= 0.6 is 0 Å². The molecule has 0 radical (unpaired) electrons. The van der Waals surface area contributed by atoms with Crippen LogP contribution in [0.1, 0.15) is 27.2 Å². The summed E-state index contributed by atoms with van der Waals surface area (Å²) in [6.07, 6.45) is 5.83. The van der Waals surface area contributed by atoms with Crippen molar-refractivity contribution in [3.05, 3.63) is 22.6 Å². The second-order valence-corrected chi connectivity index (χ2v) is 6.24. The molecule has 0 aliphatic heterocycles. The van der Waals surface area contributed by atoms with Crippen LogP contribution in [0.3, 0.4) is 0 Å². The van der Waals surface area contributed by atoms with Gasteiger partial charge in [-0.3, -0.25) is 0 Å². The lowest BCUT2D eigenvalue weighted by atomic mass is 9.79. The first-order valence-electron chi connectivity index (χ1n) is 4.33. The maximum Gasteiger partial charge on any atom is 0.175 e. The summed E-state index contributed by atoms with van der Waals surface area (Å²) in [6.45, 7) is 6.04. The van der Waals surface area contributed by atoms with E-state index in [9.17, 15) is 8.42 Å². The van der Waals surface area contributed by atoms with E-state index < -0.39 is 9.84 Å². The van der Waals surface area contributed by atoms with Crippen molar-refractivity contribution in [1.29, 1.82) is 0 Å². The molecule has 74 valence electrons. The van der Waals surface area contributed by atoms with Gasteiger partial charge in [-0.1, -0.05) is 19.9 Å². The average Bonchev–Trinajstić information content (AvgIpc) is 1.92. The van der Waals surface area contributed by atoms with Crippen molar-refractivity contribution in [2.24, 2.45) is 5.41 Å². The third-order valence-corrected chi connectivity index (χ3v) is 3.92. The molecule has 3 heteroatoms. The molecule has 0 amide bonds. The van der Waals surface area contributed by atoms with Gasteiger partial charge in [0, 0.05) is 6.26 Å². The minimum atomic E-state index is -3.05. The van der Waals surface area contributed by atoms with E-state index in [0.29, 0.717) is 4.91 Å². The van der Waals surface area contributed by atoms with Crippen LogP contribution in [0.25, 0.3) is 0 Å². The van der Waals surface area contributed by atoms with Crippen molar-refractivity contribution in [2.75, 3.05) is 6.26 Å². The van der Waals surface area contributed by atoms with Crippen molar-refractivity contribution in [1.82, 2.24) is 0 Å². The molecule has 0 unspecified atom stereocenters. The molecule has 0 N–H and O–H groups in total. The molecular weight excluding hydrogens is 184 g/mol. The van der Waals surface area contributed by atoms with E-state index in [0.717, 1.165) is 12.0 Å². The molecule has 1 aliphatic carbocycles. The molecule has 2 nitrogen and oxygen atoms in total. The van der Waals surface area contributed by atoms with Crippen LogP contribution in [0.4, 0.5) is 0 Å². The fraction of sp³-hybridized carbons (Fsp3) is 0.600. The number of hydrogen-bond donors (Lipinski definition) is 0. The molecule has 13 heavy (non-hydrogen) atoms. The average molecular weight is 200 g/mol. The fourth-order valence-electron chi connectivity index (χ4n) is 1.47. The van der Waals surface area contributed by atoms with E-state index in [1.165, 1.54) is 6.26 Å². The molecule has 0 atom stereocenters. The molecule has 0 fully saturated rings. The molecule has 0 saturated heterocycles. The topological polar surface area (TPSA) is 34.1 Å². The number of allylic oxidation sites excluding steroid dienone is 3. The minimum Gasteiger partial charge on any atom is -0.224 e.